The Balaban J connectivity index is 1.22. The van der Waals surface area contributed by atoms with E-state index in [9.17, 15) is 24.0 Å². The molecule has 0 aromatic heterocycles. The van der Waals surface area contributed by atoms with Crippen LogP contribution in [0.25, 0.3) is 0 Å². The molecule has 5 rings (SSSR count). The van der Waals surface area contributed by atoms with Gasteiger partial charge in [0.25, 0.3) is 5.91 Å². The average molecular weight is 496 g/mol. The Kier molecular flexibility index (Phi) is 5.78. The quantitative estimate of drug-likeness (QED) is 0.362. The van der Waals surface area contributed by atoms with Gasteiger partial charge in [-0.1, -0.05) is 24.3 Å². The molecule has 11 nitrogen and oxygen atoms in total. The summed E-state index contributed by atoms with van der Waals surface area (Å²) in [5.41, 5.74) is 1.51. The van der Waals surface area contributed by atoms with Crippen LogP contribution in [0.4, 0.5) is 14.9 Å². The van der Waals surface area contributed by atoms with Gasteiger partial charge >= 0.3 is 6.09 Å². The molecule has 12 heteroatoms. The lowest BCUT2D eigenvalue weighted by molar-refractivity contribution is -0.142. The van der Waals surface area contributed by atoms with Crippen molar-refractivity contribution in [1.82, 2.24) is 15.5 Å². The van der Waals surface area contributed by atoms with Crippen LogP contribution in [0, 0.1) is 5.82 Å². The van der Waals surface area contributed by atoms with Crippen molar-refractivity contribution in [3.8, 4) is 5.75 Å². The van der Waals surface area contributed by atoms with E-state index in [1.54, 1.807) is 31.3 Å². The van der Waals surface area contributed by atoms with Gasteiger partial charge < -0.3 is 15.1 Å². The van der Waals surface area contributed by atoms with Crippen LogP contribution in [0.2, 0.25) is 0 Å². The molecule has 2 aromatic carbocycles. The standard InChI is InChI=1S/C24H21FN4O7/c1-28-18(31)9-12-3-2-4-16(21(12)28)35-36-24(34)26-10-13-5-6-14-11-29(23(33)19(14)20(13)25)15-7-8-17(30)27-22(15)32/h2-6,15H,7-11H2,1H3,(H,26,34)(H,27,30,32). The summed E-state index contributed by atoms with van der Waals surface area (Å²) in [6.07, 6.45) is -0.527. The molecule has 36 heavy (non-hydrogen) atoms. The van der Waals surface area contributed by atoms with Crippen LogP contribution in [0.5, 0.6) is 5.75 Å². The van der Waals surface area contributed by atoms with Crippen LogP contribution in [0.1, 0.15) is 39.9 Å². The van der Waals surface area contributed by atoms with Crippen LogP contribution in [-0.2, 0) is 38.8 Å². The second-order valence-electron chi connectivity index (χ2n) is 8.67. The van der Waals surface area contributed by atoms with E-state index in [0.29, 0.717) is 11.3 Å². The van der Waals surface area contributed by atoms with Crippen LogP contribution in [0.15, 0.2) is 30.3 Å². The molecule has 1 atom stereocenters. The first kappa shape index (κ1) is 23.3. The van der Waals surface area contributed by atoms with Crippen molar-refractivity contribution < 1.29 is 38.1 Å². The van der Waals surface area contributed by atoms with Crippen molar-refractivity contribution in [2.24, 2.45) is 0 Å². The number of para-hydroxylation sites is 1. The summed E-state index contributed by atoms with van der Waals surface area (Å²) >= 11 is 0. The molecular weight excluding hydrogens is 475 g/mol. The maximum atomic E-state index is 15.2. The summed E-state index contributed by atoms with van der Waals surface area (Å²) < 4.78 is 15.2. The zero-order valence-electron chi connectivity index (χ0n) is 19.1. The zero-order valence-corrected chi connectivity index (χ0v) is 19.1. The van der Waals surface area contributed by atoms with E-state index in [1.807, 2.05) is 0 Å². The Labute approximate surface area is 204 Å². The minimum absolute atomic E-state index is 0.0371. The summed E-state index contributed by atoms with van der Waals surface area (Å²) in [7, 11) is 1.58. The number of benzene rings is 2. The van der Waals surface area contributed by atoms with E-state index in [1.165, 1.54) is 15.9 Å². The first-order chi connectivity index (χ1) is 17.2. The second kappa shape index (κ2) is 8.95. The first-order valence-electron chi connectivity index (χ1n) is 11.2. The number of imide groups is 1. The minimum Gasteiger partial charge on any atom is -0.322 e. The van der Waals surface area contributed by atoms with Crippen molar-refractivity contribution in [1.29, 1.82) is 0 Å². The van der Waals surface area contributed by atoms with Gasteiger partial charge in [-0.2, -0.15) is 0 Å². The van der Waals surface area contributed by atoms with Gasteiger partial charge in [0.2, 0.25) is 23.5 Å². The molecule has 0 aliphatic carbocycles. The summed E-state index contributed by atoms with van der Waals surface area (Å²) in [6, 6.07) is 7.10. The fourth-order valence-electron chi connectivity index (χ4n) is 4.63. The van der Waals surface area contributed by atoms with Crippen LogP contribution >= 0.6 is 0 Å². The topological polar surface area (TPSA) is 134 Å². The van der Waals surface area contributed by atoms with Crippen molar-refractivity contribution in [3.63, 3.8) is 0 Å². The molecule has 3 aliphatic rings. The lowest BCUT2D eigenvalue weighted by Gasteiger charge is -2.29. The van der Waals surface area contributed by atoms with Crippen molar-refractivity contribution in [2.75, 3.05) is 11.9 Å². The molecule has 3 heterocycles. The summed E-state index contributed by atoms with van der Waals surface area (Å²) in [5, 5.41) is 4.55. The van der Waals surface area contributed by atoms with E-state index in [2.05, 4.69) is 10.6 Å². The highest BCUT2D eigenvalue weighted by Gasteiger charge is 2.40. The smallest absolute Gasteiger partial charge is 0.322 e. The minimum atomic E-state index is -1.00. The molecule has 0 bridgehead atoms. The molecule has 5 amide bonds. The third-order valence-corrected chi connectivity index (χ3v) is 6.47. The number of carbonyl (C=O) groups is 5. The lowest BCUT2D eigenvalue weighted by Crippen LogP contribution is -2.52. The fraction of sp³-hybridized carbons (Fsp3) is 0.292. The number of nitrogens with zero attached hydrogens (tertiary/aromatic N) is 2. The molecule has 1 fully saturated rings. The van der Waals surface area contributed by atoms with Gasteiger partial charge in [0.05, 0.1) is 17.7 Å². The largest absolute Gasteiger partial charge is 0.450 e. The van der Waals surface area contributed by atoms with Gasteiger partial charge in [0, 0.05) is 32.1 Å². The van der Waals surface area contributed by atoms with E-state index in [-0.39, 0.29) is 55.1 Å². The number of amides is 5. The van der Waals surface area contributed by atoms with E-state index in [4.69, 9.17) is 9.78 Å². The van der Waals surface area contributed by atoms with Gasteiger partial charge in [-0.25, -0.2) is 14.1 Å². The Hall–Kier alpha value is -4.48. The molecule has 3 aliphatic heterocycles. The molecule has 186 valence electrons. The third kappa shape index (κ3) is 4.00. The normalized spacial score (nSPS) is 18.7. The molecule has 0 spiro atoms. The number of halogens is 1. The Morgan fingerprint density at radius 2 is 1.97 bits per heavy atom. The average Bonchev–Trinajstić information content (AvgIpc) is 3.33. The summed E-state index contributed by atoms with van der Waals surface area (Å²) in [6.45, 7) is -0.252. The number of piperidine rings is 1. The number of fused-ring (bicyclic) bond motifs is 2. The Morgan fingerprint density at radius 3 is 2.75 bits per heavy atom. The highest BCUT2D eigenvalue weighted by atomic mass is 19.1. The lowest BCUT2D eigenvalue weighted by atomic mass is 10.0. The van der Waals surface area contributed by atoms with Crippen molar-refractivity contribution in [2.45, 2.75) is 38.4 Å². The number of anilines is 1. The molecule has 2 N–H and O–H groups in total. The molecule has 0 saturated carbocycles. The second-order valence-corrected chi connectivity index (χ2v) is 8.67. The van der Waals surface area contributed by atoms with Gasteiger partial charge in [-0.3, -0.25) is 29.4 Å². The Bertz CT molecular complexity index is 1330. The maximum absolute atomic E-state index is 15.2. The number of hydrogen-bond acceptors (Lipinski definition) is 7. The number of rotatable bonds is 5. The molecule has 1 saturated heterocycles. The van der Waals surface area contributed by atoms with Gasteiger partial charge in [0.15, 0.2) is 0 Å². The van der Waals surface area contributed by atoms with E-state index in [0.717, 1.165) is 5.56 Å². The van der Waals surface area contributed by atoms with Crippen LogP contribution < -0.4 is 20.4 Å². The fourth-order valence-corrected chi connectivity index (χ4v) is 4.63. The SMILES string of the molecule is CN1C(=O)Cc2cccc(OOC(=O)NCc3ccc4c(c3F)C(=O)N(C3CCC(=O)NC3=O)C4)c21. The van der Waals surface area contributed by atoms with Crippen molar-refractivity contribution in [3.05, 3.63) is 58.4 Å². The number of hydrogen-bond donors (Lipinski definition) is 2. The molecule has 2 aromatic rings. The molecule has 1 unspecified atom stereocenters. The number of likely N-dealkylation sites (N-methyl/N-ethyl adjacent to an activating group) is 1. The van der Waals surface area contributed by atoms with Gasteiger partial charge in [0.1, 0.15) is 11.9 Å². The highest BCUT2D eigenvalue weighted by molar-refractivity contribution is 6.05. The predicted molar refractivity (Wildman–Crippen MR) is 120 cm³/mol. The van der Waals surface area contributed by atoms with Gasteiger partial charge in [-0.05, 0) is 23.6 Å². The monoisotopic (exact) mass is 496 g/mol. The van der Waals surface area contributed by atoms with Crippen molar-refractivity contribution >= 4 is 35.4 Å². The summed E-state index contributed by atoms with van der Waals surface area (Å²) in [5.74, 6) is -2.40. The Morgan fingerprint density at radius 1 is 1.17 bits per heavy atom. The molecule has 0 radical (unpaired) electrons. The number of carbonyl (C=O) groups excluding carboxylic acids is 5. The molecular formula is C24H21FN4O7. The van der Waals surface area contributed by atoms with Crippen LogP contribution in [0.3, 0.4) is 0 Å². The first-order valence-corrected chi connectivity index (χ1v) is 11.2. The van der Waals surface area contributed by atoms with Crippen LogP contribution in [-0.4, -0.2) is 47.7 Å². The highest BCUT2D eigenvalue weighted by Crippen LogP contribution is 2.37. The number of nitrogens with one attached hydrogen (secondary N) is 2. The third-order valence-electron chi connectivity index (χ3n) is 6.47. The summed E-state index contributed by atoms with van der Waals surface area (Å²) in [4.78, 5) is 73.1. The van der Waals surface area contributed by atoms with Gasteiger partial charge in [-0.15, -0.1) is 0 Å². The van der Waals surface area contributed by atoms with E-state index >= 15 is 4.39 Å². The van der Waals surface area contributed by atoms with E-state index < -0.39 is 35.7 Å². The zero-order chi connectivity index (χ0) is 25.6. The predicted octanol–water partition coefficient (Wildman–Crippen LogP) is 1.33. The maximum Gasteiger partial charge on any atom is 0.450 e.